The first kappa shape index (κ1) is 16.7. The molecule has 0 aliphatic carbocycles. The molecule has 0 aromatic carbocycles. The molecule has 5 nitrogen and oxygen atoms in total. The summed E-state index contributed by atoms with van der Waals surface area (Å²) in [6, 6.07) is 0. The molecule has 1 atom stereocenters. The molecule has 0 saturated heterocycles. The van der Waals surface area contributed by atoms with Crippen molar-refractivity contribution in [3.05, 3.63) is 25.0 Å². The summed E-state index contributed by atoms with van der Waals surface area (Å²) in [5.41, 5.74) is 0.119. The lowest BCUT2D eigenvalue weighted by molar-refractivity contribution is -0.236. The summed E-state index contributed by atoms with van der Waals surface area (Å²) >= 11 is 0. The smallest absolute Gasteiger partial charge is 0.331 e. The number of rotatable bonds is 10. The number of carboxylic acids is 1. The molecule has 0 aliphatic heterocycles. The zero-order valence-electron chi connectivity index (χ0n) is 11.3. The second-order valence-corrected chi connectivity index (χ2v) is 4.33. The molecular weight excluding hydrogens is 236 g/mol. The molecule has 0 bridgehead atoms. The summed E-state index contributed by atoms with van der Waals surface area (Å²) in [4.78, 5) is 10.6. The monoisotopic (exact) mass is 258 g/mol. The van der Waals surface area contributed by atoms with E-state index in [4.69, 9.17) is 19.3 Å². The van der Waals surface area contributed by atoms with E-state index in [0.29, 0.717) is 13.2 Å². The van der Waals surface area contributed by atoms with Crippen LogP contribution in [0.25, 0.3) is 0 Å². The average molecular weight is 258 g/mol. The SMILES string of the molecule is C=COCCOC(C)(C)OC(C)CC(=C)C(=O)O. The highest BCUT2D eigenvalue weighted by atomic mass is 16.7. The molecule has 5 heteroatoms. The fourth-order valence-corrected chi connectivity index (χ4v) is 1.41. The minimum Gasteiger partial charge on any atom is -0.499 e. The van der Waals surface area contributed by atoms with Crippen molar-refractivity contribution in [2.45, 2.75) is 39.1 Å². The van der Waals surface area contributed by atoms with Crippen LogP contribution in [0.1, 0.15) is 27.2 Å². The highest BCUT2D eigenvalue weighted by molar-refractivity contribution is 5.85. The zero-order chi connectivity index (χ0) is 14.2. The van der Waals surface area contributed by atoms with Gasteiger partial charge in [-0.25, -0.2) is 4.79 Å². The van der Waals surface area contributed by atoms with Gasteiger partial charge in [-0.1, -0.05) is 13.2 Å². The normalized spacial score (nSPS) is 12.8. The first-order valence-corrected chi connectivity index (χ1v) is 5.74. The maximum Gasteiger partial charge on any atom is 0.331 e. The molecular formula is C13H22O5. The van der Waals surface area contributed by atoms with E-state index in [1.165, 1.54) is 6.26 Å². The second kappa shape index (κ2) is 7.89. The van der Waals surface area contributed by atoms with Gasteiger partial charge in [0.1, 0.15) is 6.61 Å². The van der Waals surface area contributed by atoms with Crippen molar-refractivity contribution in [3.63, 3.8) is 0 Å². The van der Waals surface area contributed by atoms with E-state index in [9.17, 15) is 4.79 Å². The van der Waals surface area contributed by atoms with Gasteiger partial charge in [-0.15, -0.1) is 0 Å². The second-order valence-electron chi connectivity index (χ2n) is 4.33. The van der Waals surface area contributed by atoms with Gasteiger partial charge < -0.3 is 19.3 Å². The van der Waals surface area contributed by atoms with E-state index >= 15 is 0 Å². The molecule has 0 saturated carbocycles. The third-order valence-corrected chi connectivity index (χ3v) is 2.09. The summed E-state index contributed by atoms with van der Waals surface area (Å²) in [5, 5.41) is 8.72. The lowest BCUT2D eigenvalue weighted by Gasteiger charge is -2.29. The van der Waals surface area contributed by atoms with Crippen LogP contribution in [-0.4, -0.2) is 36.2 Å². The summed E-state index contributed by atoms with van der Waals surface area (Å²) < 4.78 is 16.0. The van der Waals surface area contributed by atoms with Gasteiger partial charge >= 0.3 is 5.97 Å². The Morgan fingerprint density at radius 1 is 1.44 bits per heavy atom. The molecule has 0 rings (SSSR count). The third-order valence-electron chi connectivity index (χ3n) is 2.09. The van der Waals surface area contributed by atoms with E-state index in [0.717, 1.165) is 0 Å². The zero-order valence-corrected chi connectivity index (χ0v) is 11.3. The number of carboxylic acid groups (broad SMARTS) is 1. The van der Waals surface area contributed by atoms with E-state index in [1.54, 1.807) is 20.8 Å². The predicted octanol–water partition coefficient (Wildman–Crippen LogP) is 2.34. The maximum atomic E-state index is 10.6. The van der Waals surface area contributed by atoms with Crippen LogP contribution in [0, 0.1) is 0 Å². The molecule has 18 heavy (non-hydrogen) atoms. The molecule has 0 amide bonds. The highest BCUT2D eigenvalue weighted by Crippen LogP contribution is 2.17. The van der Waals surface area contributed by atoms with Crippen molar-refractivity contribution in [1.82, 2.24) is 0 Å². The topological polar surface area (TPSA) is 65.0 Å². The standard InChI is InChI=1S/C13H22O5/c1-6-16-7-8-17-13(4,5)18-11(3)9-10(2)12(14)15/h6,11H,1-2,7-9H2,3-5H3,(H,14,15). The number of aliphatic carboxylic acids is 1. The molecule has 0 fully saturated rings. The van der Waals surface area contributed by atoms with Crippen LogP contribution >= 0.6 is 0 Å². The summed E-state index contributed by atoms with van der Waals surface area (Å²) in [7, 11) is 0. The lowest BCUT2D eigenvalue weighted by Crippen LogP contribution is -2.34. The Morgan fingerprint density at radius 2 is 2.06 bits per heavy atom. The Hall–Kier alpha value is -1.33. The minimum atomic E-state index is -1.01. The van der Waals surface area contributed by atoms with Crippen LogP contribution in [0.4, 0.5) is 0 Å². The molecule has 0 radical (unpaired) electrons. The molecule has 104 valence electrons. The molecule has 0 aliphatic rings. The minimum absolute atomic E-state index is 0.119. The van der Waals surface area contributed by atoms with Gasteiger partial charge in [0, 0.05) is 12.0 Å². The van der Waals surface area contributed by atoms with Crippen LogP contribution in [0.2, 0.25) is 0 Å². The summed E-state index contributed by atoms with van der Waals surface area (Å²) in [6.45, 7) is 12.9. The highest BCUT2D eigenvalue weighted by Gasteiger charge is 2.23. The molecule has 0 heterocycles. The van der Waals surface area contributed by atoms with Gasteiger partial charge in [-0.3, -0.25) is 0 Å². The van der Waals surface area contributed by atoms with Gasteiger partial charge in [-0.2, -0.15) is 0 Å². The number of carbonyl (C=O) groups is 1. The largest absolute Gasteiger partial charge is 0.499 e. The number of hydrogen-bond donors (Lipinski definition) is 1. The van der Waals surface area contributed by atoms with Gasteiger partial charge in [0.2, 0.25) is 0 Å². The summed E-state index contributed by atoms with van der Waals surface area (Å²) in [5.74, 6) is -1.81. The summed E-state index contributed by atoms with van der Waals surface area (Å²) in [6.07, 6.45) is 1.31. The van der Waals surface area contributed by atoms with E-state index in [1.807, 2.05) is 0 Å². The quantitative estimate of drug-likeness (QED) is 0.282. The number of hydrogen-bond acceptors (Lipinski definition) is 4. The lowest BCUT2D eigenvalue weighted by atomic mass is 10.1. The van der Waals surface area contributed by atoms with Crippen LogP contribution in [-0.2, 0) is 19.0 Å². The Morgan fingerprint density at radius 3 is 2.56 bits per heavy atom. The molecule has 0 aromatic heterocycles. The van der Waals surface area contributed by atoms with E-state index in [-0.39, 0.29) is 18.1 Å². The van der Waals surface area contributed by atoms with Crippen molar-refractivity contribution in [1.29, 1.82) is 0 Å². The third kappa shape index (κ3) is 7.86. The van der Waals surface area contributed by atoms with Crippen molar-refractivity contribution >= 4 is 5.97 Å². The van der Waals surface area contributed by atoms with Gasteiger partial charge in [0.05, 0.1) is 19.0 Å². The van der Waals surface area contributed by atoms with Gasteiger partial charge in [-0.05, 0) is 20.8 Å². The first-order valence-electron chi connectivity index (χ1n) is 5.74. The van der Waals surface area contributed by atoms with Crippen molar-refractivity contribution < 1.29 is 24.1 Å². The number of ether oxygens (including phenoxy) is 3. The van der Waals surface area contributed by atoms with Crippen LogP contribution in [0.5, 0.6) is 0 Å². The molecule has 1 unspecified atom stereocenters. The van der Waals surface area contributed by atoms with Crippen LogP contribution in [0.15, 0.2) is 25.0 Å². The van der Waals surface area contributed by atoms with E-state index in [2.05, 4.69) is 13.2 Å². The average Bonchev–Trinajstić information content (AvgIpc) is 2.23. The first-order chi connectivity index (χ1) is 8.28. The Kier molecular flexibility index (Phi) is 7.31. The van der Waals surface area contributed by atoms with E-state index < -0.39 is 11.8 Å². The van der Waals surface area contributed by atoms with Gasteiger partial charge in [0.25, 0.3) is 0 Å². The molecule has 0 spiro atoms. The fraction of sp³-hybridized carbons (Fsp3) is 0.615. The maximum absolute atomic E-state index is 10.6. The fourth-order valence-electron chi connectivity index (χ4n) is 1.41. The van der Waals surface area contributed by atoms with Crippen LogP contribution in [0.3, 0.4) is 0 Å². The predicted molar refractivity (Wildman–Crippen MR) is 68.1 cm³/mol. The van der Waals surface area contributed by atoms with Crippen LogP contribution < -0.4 is 0 Å². The van der Waals surface area contributed by atoms with Crippen molar-refractivity contribution in [3.8, 4) is 0 Å². The Balaban J connectivity index is 4.02. The van der Waals surface area contributed by atoms with Crippen molar-refractivity contribution in [2.75, 3.05) is 13.2 Å². The molecule has 1 N–H and O–H groups in total. The van der Waals surface area contributed by atoms with Crippen molar-refractivity contribution in [2.24, 2.45) is 0 Å². The Bertz CT molecular complexity index is 296. The Labute approximate surface area is 108 Å². The molecule has 0 aromatic rings. The van der Waals surface area contributed by atoms with Gasteiger partial charge in [0.15, 0.2) is 5.79 Å².